The monoisotopic (exact) mass is 322 g/mol. The largest absolute Gasteiger partial charge is 0.381 e. The first-order chi connectivity index (χ1) is 10.5. The number of nitrogens with one attached hydrogen (secondary N) is 1. The molecule has 136 valence electrons. The molecular formula is C17H42N2O3+2. The van der Waals surface area contributed by atoms with Crippen LogP contribution in [-0.4, -0.2) is 48.1 Å². The smallest absolute Gasteiger partial charge is 0.270 e. The van der Waals surface area contributed by atoms with E-state index in [9.17, 15) is 0 Å². The number of aliphatic hydroxyl groups excluding tert-OH is 1. The predicted octanol–water partition coefficient (Wildman–Crippen LogP) is 2.71. The topological polar surface area (TPSA) is 101 Å². The first kappa shape index (κ1) is 29.3. The molecule has 0 aliphatic heterocycles. The maximum absolute atomic E-state index is 8.36. The van der Waals surface area contributed by atoms with Crippen molar-refractivity contribution in [2.75, 3.05) is 19.8 Å². The molecule has 0 radical (unpaired) electrons. The highest BCUT2D eigenvalue weighted by atomic mass is 16.3. The first-order valence-corrected chi connectivity index (χ1v) is 8.19. The molecule has 5 nitrogen and oxygen atoms in total. The summed E-state index contributed by atoms with van der Waals surface area (Å²) in [5, 5.41) is 11.2. The molecule has 0 saturated heterocycles. The van der Waals surface area contributed by atoms with E-state index in [0.29, 0.717) is 0 Å². The summed E-state index contributed by atoms with van der Waals surface area (Å²) in [7, 11) is 0. The molecule has 0 spiro atoms. The number of rotatable bonds is 10. The van der Waals surface area contributed by atoms with E-state index in [0.717, 1.165) is 24.9 Å². The van der Waals surface area contributed by atoms with Gasteiger partial charge in [0.2, 0.25) is 0 Å². The van der Waals surface area contributed by atoms with Gasteiger partial charge in [-0.25, -0.2) is 0 Å². The second-order valence-electron chi connectivity index (χ2n) is 5.73. The zero-order valence-electron chi connectivity index (χ0n) is 15.4. The van der Waals surface area contributed by atoms with Gasteiger partial charge in [-0.15, -0.1) is 0 Å². The average molecular weight is 323 g/mol. The third kappa shape index (κ3) is 50.7. The minimum Gasteiger partial charge on any atom is -0.381 e. The Balaban J connectivity index is -0.000000121. The van der Waals surface area contributed by atoms with Gasteiger partial charge in [0, 0.05) is 0 Å². The molecule has 0 amide bonds. The van der Waals surface area contributed by atoms with Crippen LogP contribution in [0.5, 0.6) is 0 Å². The average Bonchev–Trinajstić information content (AvgIpc) is 2.51. The molecule has 0 atom stereocenters. The standard InChI is InChI=1S/C8H19NO.C7H17N.2CH2O/c1-8(2)5-3-4-6-9-7-10;1-7(2)5-3-4-6-8;2*1-2/h8-10H,3-7H2,1-2H3;7H,3-6,8H2,1-2H3;2*1H2/p+2. The molecule has 22 heavy (non-hydrogen) atoms. The SMILES string of the molecule is C=[OH+].C=[OH+].CC(C)CCCCN.CC(C)CCCCNCO. The number of aliphatic hydroxyl groups is 1. The molecular weight excluding hydrogens is 280 g/mol. The second-order valence-corrected chi connectivity index (χ2v) is 5.73. The van der Waals surface area contributed by atoms with Crippen LogP contribution in [0.2, 0.25) is 0 Å². The highest BCUT2D eigenvalue weighted by Crippen LogP contribution is 2.05. The van der Waals surface area contributed by atoms with Gasteiger partial charge >= 0.3 is 0 Å². The molecule has 0 unspecified atom stereocenters. The van der Waals surface area contributed by atoms with Crippen LogP contribution < -0.4 is 11.1 Å². The van der Waals surface area contributed by atoms with Gasteiger partial charge in [-0.1, -0.05) is 53.4 Å². The quantitative estimate of drug-likeness (QED) is 0.327. The molecule has 0 bridgehead atoms. The number of hydrogen-bond donors (Lipinski definition) is 3. The van der Waals surface area contributed by atoms with E-state index in [1.54, 1.807) is 0 Å². The Labute approximate surface area is 138 Å². The lowest BCUT2D eigenvalue weighted by Crippen LogP contribution is -2.15. The van der Waals surface area contributed by atoms with Gasteiger partial charge < -0.3 is 10.8 Å². The van der Waals surface area contributed by atoms with E-state index in [1.807, 2.05) is 0 Å². The first-order valence-electron chi connectivity index (χ1n) is 8.19. The molecule has 0 heterocycles. The van der Waals surface area contributed by atoms with Gasteiger partial charge in [-0.2, -0.15) is 0 Å². The molecule has 0 rings (SSSR count). The van der Waals surface area contributed by atoms with Gasteiger partial charge in [-0.05, 0) is 37.8 Å². The fourth-order valence-corrected chi connectivity index (χ4v) is 1.58. The highest BCUT2D eigenvalue weighted by molar-refractivity contribution is 5.12. The normalized spacial score (nSPS) is 9.09. The summed E-state index contributed by atoms with van der Waals surface area (Å²) in [6.07, 6.45) is 7.57. The van der Waals surface area contributed by atoms with Crippen LogP contribution in [0.15, 0.2) is 0 Å². The number of nitrogens with two attached hydrogens (primary N) is 1. The van der Waals surface area contributed by atoms with Gasteiger partial charge in [0.15, 0.2) is 0 Å². The third-order valence-electron chi connectivity index (χ3n) is 2.73. The molecule has 0 aromatic heterocycles. The number of unbranched alkanes of at least 4 members (excludes halogenated alkanes) is 2. The van der Waals surface area contributed by atoms with Crippen LogP contribution >= 0.6 is 0 Å². The Morgan fingerprint density at radius 2 is 1.27 bits per heavy atom. The van der Waals surface area contributed by atoms with Gasteiger partial charge in [0.25, 0.3) is 13.6 Å². The predicted molar refractivity (Wildman–Crippen MR) is 99.6 cm³/mol. The van der Waals surface area contributed by atoms with E-state index >= 15 is 0 Å². The lowest BCUT2D eigenvalue weighted by atomic mass is 10.1. The highest BCUT2D eigenvalue weighted by Gasteiger charge is 1.92. The molecule has 0 fully saturated rings. The Kier molecular flexibility index (Phi) is 42.9. The minimum absolute atomic E-state index is 0.113. The van der Waals surface area contributed by atoms with Crippen molar-refractivity contribution in [2.45, 2.75) is 66.2 Å². The molecule has 6 N–H and O–H groups in total. The summed E-state index contributed by atoms with van der Waals surface area (Å²) in [5.41, 5.74) is 5.31. The van der Waals surface area contributed by atoms with Crippen LogP contribution in [0.1, 0.15) is 66.2 Å². The summed E-state index contributed by atoms with van der Waals surface area (Å²) in [4.78, 5) is 13.5. The second kappa shape index (κ2) is 32.2. The Morgan fingerprint density at radius 3 is 1.59 bits per heavy atom. The molecule has 0 aliphatic carbocycles. The van der Waals surface area contributed by atoms with Crippen molar-refractivity contribution in [1.82, 2.24) is 5.32 Å². The van der Waals surface area contributed by atoms with E-state index in [4.69, 9.17) is 20.4 Å². The maximum Gasteiger partial charge on any atom is 0.270 e. The Bertz CT molecular complexity index is 166. The molecule has 0 aromatic rings. The van der Waals surface area contributed by atoms with Crippen LogP contribution in [0.25, 0.3) is 0 Å². The van der Waals surface area contributed by atoms with E-state index in [-0.39, 0.29) is 6.73 Å². The Morgan fingerprint density at radius 1 is 0.864 bits per heavy atom. The molecule has 0 aromatic carbocycles. The van der Waals surface area contributed by atoms with Crippen LogP contribution in [-0.2, 0) is 0 Å². The lowest BCUT2D eigenvalue weighted by Gasteiger charge is -2.03. The number of carbonyl (C=O) groups excluding carboxylic acids is 2. The van der Waals surface area contributed by atoms with Crippen LogP contribution in [0, 0.1) is 11.8 Å². The summed E-state index contributed by atoms with van der Waals surface area (Å²) in [5.74, 6) is 1.66. The van der Waals surface area contributed by atoms with Crippen molar-refractivity contribution in [1.29, 1.82) is 0 Å². The molecule has 0 aliphatic rings. The van der Waals surface area contributed by atoms with Crippen molar-refractivity contribution >= 4 is 13.6 Å². The fraction of sp³-hybridized carbons (Fsp3) is 0.882. The zero-order valence-corrected chi connectivity index (χ0v) is 15.4. The summed E-state index contributed by atoms with van der Waals surface area (Å²) in [6, 6.07) is 0. The van der Waals surface area contributed by atoms with Gasteiger partial charge in [0.05, 0.1) is 6.73 Å². The van der Waals surface area contributed by atoms with Crippen molar-refractivity contribution < 1.29 is 14.7 Å². The van der Waals surface area contributed by atoms with Gasteiger partial charge in [-0.3, -0.25) is 14.9 Å². The van der Waals surface area contributed by atoms with Crippen molar-refractivity contribution in [3.8, 4) is 0 Å². The van der Waals surface area contributed by atoms with E-state index < -0.39 is 0 Å². The zero-order chi connectivity index (χ0) is 18.2. The summed E-state index contributed by atoms with van der Waals surface area (Å²) < 4.78 is 0. The number of hydrogen-bond acceptors (Lipinski definition) is 3. The van der Waals surface area contributed by atoms with E-state index in [1.165, 1.54) is 38.5 Å². The summed E-state index contributed by atoms with van der Waals surface area (Å²) >= 11 is 0. The third-order valence-corrected chi connectivity index (χ3v) is 2.73. The lowest BCUT2D eigenvalue weighted by molar-refractivity contribution is 0.259. The van der Waals surface area contributed by atoms with Crippen LogP contribution in [0.4, 0.5) is 0 Å². The maximum atomic E-state index is 8.36. The van der Waals surface area contributed by atoms with Crippen LogP contribution in [0.3, 0.4) is 0 Å². The minimum atomic E-state index is 0.113. The van der Waals surface area contributed by atoms with Crippen molar-refractivity contribution in [2.24, 2.45) is 17.6 Å². The molecule has 0 saturated carbocycles. The molecule has 5 heteroatoms. The van der Waals surface area contributed by atoms with Crippen molar-refractivity contribution in [3.63, 3.8) is 0 Å². The van der Waals surface area contributed by atoms with E-state index in [2.05, 4.69) is 46.6 Å². The van der Waals surface area contributed by atoms with Crippen molar-refractivity contribution in [3.05, 3.63) is 0 Å². The Hall–Kier alpha value is -0.780. The fourth-order valence-electron chi connectivity index (χ4n) is 1.58. The summed E-state index contributed by atoms with van der Waals surface area (Å²) in [6.45, 7) is 15.4. The van der Waals surface area contributed by atoms with Gasteiger partial charge in [0.1, 0.15) is 0 Å².